The molecule has 0 unspecified atom stereocenters. The number of hydrogen-bond donors (Lipinski definition) is 0. The molecule has 1 aliphatic rings. The summed E-state index contributed by atoms with van der Waals surface area (Å²) in [6.45, 7) is 3.90. The Bertz CT molecular complexity index is 1140. The quantitative estimate of drug-likeness (QED) is 0.450. The van der Waals surface area contributed by atoms with Crippen LogP contribution in [0.2, 0.25) is 0 Å². The number of anilines is 1. The zero-order valence-electron chi connectivity index (χ0n) is 16.7. The van der Waals surface area contributed by atoms with Crippen LogP contribution in [0.25, 0.3) is 17.4 Å². The summed E-state index contributed by atoms with van der Waals surface area (Å²) in [5, 5.41) is 5.76. The Kier molecular flexibility index (Phi) is 5.30. The van der Waals surface area contributed by atoms with Gasteiger partial charge in [0.25, 0.3) is 5.91 Å². The van der Waals surface area contributed by atoms with Gasteiger partial charge in [-0.2, -0.15) is 10.1 Å². The first kappa shape index (κ1) is 19.4. The van der Waals surface area contributed by atoms with Crippen LogP contribution in [0.15, 0.2) is 81.8 Å². The number of rotatable bonds is 5. The molecule has 1 amide bonds. The van der Waals surface area contributed by atoms with Gasteiger partial charge in [0.2, 0.25) is 0 Å². The van der Waals surface area contributed by atoms with Gasteiger partial charge in [-0.25, -0.2) is 4.79 Å². The lowest BCUT2D eigenvalue weighted by molar-refractivity contribution is -0.114. The van der Waals surface area contributed by atoms with Crippen molar-refractivity contribution < 1.29 is 18.7 Å². The number of esters is 1. The highest BCUT2D eigenvalue weighted by Crippen LogP contribution is 2.27. The lowest BCUT2D eigenvalue weighted by atomic mass is 10.1. The van der Waals surface area contributed by atoms with E-state index in [1.807, 2.05) is 36.4 Å². The number of nitrogens with zero attached hydrogens (tertiary/aromatic N) is 2. The van der Waals surface area contributed by atoms with Gasteiger partial charge < -0.3 is 9.15 Å². The summed E-state index contributed by atoms with van der Waals surface area (Å²) >= 11 is 0. The molecular formula is C24H20N2O4. The van der Waals surface area contributed by atoms with Crippen molar-refractivity contribution in [3.63, 3.8) is 0 Å². The summed E-state index contributed by atoms with van der Waals surface area (Å²) in [5.74, 6) is 0.631. The van der Waals surface area contributed by atoms with Crippen molar-refractivity contribution in [3.8, 4) is 11.3 Å². The van der Waals surface area contributed by atoms with Crippen LogP contribution in [0.3, 0.4) is 0 Å². The van der Waals surface area contributed by atoms with Crippen molar-refractivity contribution in [1.82, 2.24) is 0 Å². The van der Waals surface area contributed by atoms with Crippen LogP contribution < -0.4 is 5.01 Å². The van der Waals surface area contributed by atoms with Gasteiger partial charge in [-0.15, -0.1) is 0 Å². The summed E-state index contributed by atoms with van der Waals surface area (Å²) in [6.07, 6.45) is 1.70. The fraction of sp³-hybridized carbons (Fsp3) is 0.125. The van der Waals surface area contributed by atoms with Gasteiger partial charge in [-0.3, -0.25) is 4.79 Å². The number of carbonyl (C=O) groups excluding carboxylic acids is 2. The van der Waals surface area contributed by atoms with Crippen LogP contribution in [0.4, 0.5) is 5.69 Å². The van der Waals surface area contributed by atoms with Gasteiger partial charge in [0.05, 0.1) is 29.1 Å². The Morgan fingerprint density at radius 3 is 2.50 bits per heavy atom. The molecule has 0 fully saturated rings. The number of benzene rings is 2. The molecule has 1 aliphatic heterocycles. The van der Waals surface area contributed by atoms with Crippen molar-refractivity contribution in [2.75, 3.05) is 11.6 Å². The molecule has 0 saturated heterocycles. The molecule has 6 heteroatoms. The average Bonchev–Trinajstić information content (AvgIpc) is 3.35. The summed E-state index contributed by atoms with van der Waals surface area (Å²) in [5.41, 5.74) is 3.13. The van der Waals surface area contributed by atoms with Crippen molar-refractivity contribution in [3.05, 3.63) is 83.6 Å². The van der Waals surface area contributed by atoms with E-state index in [4.69, 9.17) is 9.15 Å². The van der Waals surface area contributed by atoms with E-state index in [0.29, 0.717) is 40.7 Å². The number of amides is 1. The third-order valence-corrected chi connectivity index (χ3v) is 4.66. The molecule has 1 aromatic heterocycles. The van der Waals surface area contributed by atoms with Gasteiger partial charge in [0.15, 0.2) is 0 Å². The minimum Gasteiger partial charge on any atom is -0.462 e. The first-order valence-electron chi connectivity index (χ1n) is 9.61. The maximum absolute atomic E-state index is 12.8. The maximum Gasteiger partial charge on any atom is 0.338 e. The Labute approximate surface area is 174 Å². The van der Waals surface area contributed by atoms with E-state index in [1.54, 1.807) is 50.3 Å². The van der Waals surface area contributed by atoms with Gasteiger partial charge in [-0.05, 0) is 56.3 Å². The van der Waals surface area contributed by atoms with Gasteiger partial charge in [-0.1, -0.05) is 30.3 Å². The molecule has 2 heterocycles. The first-order valence-corrected chi connectivity index (χ1v) is 9.61. The van der Waals surface area contributed by atoms with Crippen molar-refractivity contribution >= 4 is 29.4 Å². The second-order valence-electron chi connectivity index (χ2n) is 6.70. The van der Waals surface area contributed by atoms with E-state index in [9.17, 15) is 9.59 Å². The molecule has 0 spiro atoms. The predicted octanol–water partition coefficient (Wildman–Crippen LogP) is 4.93. The summed E-state index contributed by atoms with van der Waals surface area (Å²) < 4.78 is 10.9. The highest BCUT2D eigenvalue weighted by atomic mass is 16.5. The van der Waals surface area contributed by atoms with Crippen molar-refractivity contribution in [1.29, 1.82) is 0 Å². The van der Waals surface area contributed by atoms with Crippen LogP contribution in [-0.2, 0) is 9.53 Å². The molecule has 150 valence electrons. The van der Waals surface area contributed by atoms with E-state index in [1.165, 1.54) is 5.01 Å². The molecule has 0 saturated carbocycles. The Hall–Kier alpha value is -3.93. The Morgan fingerprint density at radius 1 is 1.07 bits per heavy atom. The Morgan fingerprint density at radius 2 is 1.80 bits per heavy atom. The van der Waals surface area contributed by atoms with Crippen molar-refractivity contribution in [2.24, 2.45) is 5.10 Å². The maximum atomic E-state index is 12.8. The van der Waals surface area contributed by atoms with Gasteiger partial charge in [0.1, 0.15) is 11.5 Å². The zero-order chi connectivity index (χ0) is 21.1. The third-order valence-electron chi connectivity index (χ3n) is 4.66. The highest BCUT2D eigenvalue weighted by molar-refractivity contribution is 6.32. The molecule has 0 bridgehead atoms. The van der Waals surface area contributed by atoms with E-state index in [2.05, 4.69) is 5.10 Å². The molecule has 0 aliphatic carbocycles. The molecule has 30 heavy (non-hydrogen) atoms. The minimum atomic E-state index is -0.355. The third kappa shape index (κ3) is 3.80. The van der Waals surface area contributed by atoms with E-state index >= 15 is 0 Å². The zero-order valence-corrected chi connectivity index (χ0v) is 16.7. The minimum absolute atomic E-state index is 0.199. The predicted molar refractivity (Wildman–Crippen MR) is 115 cm³/mol. The fourth-order valence-electron chi connectivity index (χ4n) is 3.14. The second-order valence-corrected chi connectivity index (χ2v) is 6.70. The topological polar surface area (TPSA) is 72.1 Å². The lowest BCUT2D eigenvalue weighted by Gasteiger charge is -2.10. The molecule has 4 rings (SSSR count). The standard InChI is InChI=1S/C24H20N2O4/c1-3-29-24(28)18-11-9-17(10-12-18)22-14-13-20(30-22)15-21-16(2)25-26(23(21)27)19-7-5-4-6-8-19/h4-15H,3H2,1-2H3/b21-15+. The van der Waals surface area contributed by atoms with Crippen LogP contribution in [0.1, 0.15) is 30.0 Å². The largest absolute Gasteiger partial charge is 0.462 e. The molecule has 0 atom stereocenters. The van der Waals surface area contributed by atoms with E-state index in [0.717, 1.165) is 5.56 Å². The fourth-order valence-corrected chi connectivity index (χ4v) is 3.14. The molecule has 3 aromatic rings. The number of furan rings is 1. The van der Waals surface area contributed by atoms with E-state index in [-0.39, 0.29) is 11.9 Å². The van der Waals surface area contributed by atoms with E-state index < -0.39 is 0 Å². The summed E-state index contributed by atoms with van der Waals surface area (Å²) in [7, 11) is 0. The number of carbonyl (C=O) groups is 2. The molecule has 2 aromatic carbocycles. The van der Waals surface area contributed by atoms with Gasteiger partial charge >= 0.3 is 5.97 Å². The monoisotopic (exact) mass is 400 g/mol. The summed E-state index contributed by atoms with van der Waals surface area (Å²) in [6, 6.07) is 19.9. The highest BCUT2D eigenvalue weighted by Gasteiger charge is 2.28. The number of ether oxygens (including phenoxy) is 1. The number of hydrazone groups is 1. The lowest BCUT2D eigenvalue weighted by Crippen LogP contribution is -2.21. The van der Waals surface area contributed by atoms with Crippen LogP contribution in [-0.4, -0.2) is 24.2 Å². The second kappa shape index (κ2) is 8.21. The molecular weight excluding hydrogens is 380 g/mol. The summed E-state index contributed by atoms with van der Waals surface area (Å²) in [4.78, 5) is 24.6. The number of hydrogen-bond acceptors (Lipinski definition) is 5. The number of para-hydroxylation sites is 1. The smallest absolute Gasteiger partial charge is 0.338 e. The van der Waals surface area contributed by atoms with Crippen molar-refractivity contribution in [2.45, 2.75) is 13.8 Å². The molecule has 0 N–H and O–H groups in total. The first-order chi connectivity index (χ1) is 14.6. The van der Waals surface area contributed by atoms with Crippen LogP contribution >= 0.6 is 0 Å². The van der Waals surface area contributed by atoms with Gasteiger partial charge in [0, 0.05) is 5.56 Å². The molecule has 6 nitrogen and oxygen atoms in total. The molecule has 0 radical (unpaired) electrons. The Balaban J connectivity index is 1.55. The average molecular weight is 400 g/mol. The van der Waals surface area contributed by atoms with Crippen LogP contribution in [0, 0.1) is 0 Å². The SMILES string of the molecule is CCOC(=O)c1ccc(-c2ccc(/C=C3/C(=O)N(c4ccccc4)N=C3C)o2)cc1. The van der Waals surface area contributed by atoms with Crippen LogP contribution in [0.5, 0.6) is 0 Å². The normalized spacial score (nSPS) is 14.9.